The highest BCUT2D eigenvalue weighted by Crippen LogP contribution is 2.41. The zero-order chi connectivity index (χ0) is 17.4. The van der Waals surface area contributed by atoms with Crippen molar-refractivity contribution >= 4 is 12.0 Å². The van der Waals surface area contributed by atoms with Crippen LogP contribution in [0.3, 0.4) is 0 Å². The zero-order valence-corrected chi connectivity index (χ0v) is 14.7. The molecule has 1 aliphatic rings. The van der Waals surface area contributed by atoms with Crippen LogP contribution in [0.25, 0.3) is 0 Å². The third-order valence-corrected chi connectivity index (χ3v) is 4.76. The second-order valence-electron chi connectivity index (χ2n) is 6.36. The lowest BCUT2D eigenvalue weighted by Gasteiger charge is -2.37. The monoisotopic (exact) mass is 332 g/mol. The molecule has 0 heterocycles. The molecule has 132 valence electrons. The lowest BCUT2D eigenvalue weighted by Crippen LogP contribution is -2.48. The van der Waals surface area contributed by atoms with Gasteiger partial charge in [0.1, 0.15) is 0 Å². The number of carbonyl (C=O) groups excluding carboxylic acids is 2. The van der Waals surface area contributed by atoms with Gasteiger partial charge in [-0.2, -0.15) is 0 Å². The van der Waals surface area contributed by atoms with E-state index in [1.54, 1.807) is 6.92 Å². The highest BCUT2D eigenvalue weighted by atomic mass is 16.5. The van der Waals surface area contributed by atoms with Crippen molar-refractivity contribution in [2.45, 2.75) is 51.4 Å². The predicted molar refractivity (Wildman–Crippen MR) is 94.0 cm³/mol. The molecule has 1 saturated carbocycles. The number of carbonyl (C=O) groups is 2. The molecule has 0 radical (unpaired) electrons. The lowest BCUT2D eigenvalue weighted by atomic mass is 9.67. The molecule has 2 N–H and O–H groups in total. The number of ether oxygens (including phenoxy) is 1. The molecule has 0 saturated heterocycles. The van der Waals surface area contributed by atoms with Crippen LogP contribution in [0.2, 0.25) is 0 Å². The van der Waals surface area contributed by atoms with Crippen LogP contribution in [0.15, 0.2) is 24.3 Å². The first-order valence-electron chi connectivity index (χ1n) is 8.85. The fourth-order valence-corrected chi connectivity index (χ4v) is 3.58. The molecule has 0 atom stereocenters. The minimum Gasteiger partial charge on any atom is -0.450 e. The van der Waals surface area contributed by atoms with E-state index in [-0.39, 0.29) is 5.91 Å². The number of hydrogen-bond acceptors (Lipinski definition) is 3. The van der Waals surface area contributed by atoms with E-state index in [2.05, 4.69) is 29.7 Å². The molecule has 5 nitrogen and oxygen atoms in total. The van der Waals surface area contributed by atoms with Crippen LogP contribution in [0.4, 0.5) is 4.79 Å². The summed E-state index contributed by atoms with van der Waals surface area (Å²) in [6.07, 6.45) is 4.65. The summed E-state index contributed by atoms with van der Waals surface area (Å²) in [5.41, 5.74) is 1.87. The summed E-state index contributed by atoms with van der Waals surface area (Å²) in [4.78, 5) is 24.3. The van der Waals surface area contributed by atoms with E-state index >= 15 is 0 Å². The Balaban J connectivity index is 2.02. The first-order valence-corrected chi connectivity index (χ1v) is 8.85. The third-order valence-electron chi connectivity index (χ3n) is 4.76. The van der Waals surface area contributed by atoms with Crippen LogP contribution in [0.1, 0.15) is 50.2 Å². The van der Waals surface area contributed by atoms with E-state index in [1.165, 1.54) is 12.0 Å². The highest BCUT2D eigenvalue weighted by molar-refractivity contribution is 5.88. The summed E-state index contributed by atoms with van der Waals surface area (Å²) in [5.74, 6) is 0.0714. The van der Waals surface area contributed by atoms with Gasteiger partial charge in [0.15, 0.2) is 0 Å². The van der Waals surface area contributed by atoms with Crippen molar-refractivity contribution in [2.24, 2.45) is 0 Å². The van der Waals surface area contributed by atoms with E-state index in [1.807, 2.05) is 12.1 Å². The Bertz CT molecular complexity index is 565. The molecular formula is C19H28N2O3. The minimum atomic E-state index is -0.446. The number of amides is 2. The van der Waals surface area contributed by atoms with Gasteiger partial charge in [0, 0.05) is 13.1 Å². The Labute approximate surface area is 144 Å². The van der Waals surface area contributed by atoms with Crippen LogP contribution in [0.5, 0.6) is 0 Å². The second kappa shape index (κ2) is 8.71. The number of alkyl carbamates (subject to hydrolysis) is 1. The van der Waals surface area contributed by atoms with Crippen LogP contribution in [0, 0.1) is 6.92 Å². The van der Waals surface area contributed by atoms with E-state index < -0.39 is 11.5 Å². The SMILES string of the molecule is CCOC(=O)NCCNC(=O)C1(c2ccccc2C)CCCCC1. The van der Waals surface area contributed by atoms with E-state index in [0.29, 0.717) is 19.7 Å². The molecule has 1 aromatic carbocycles. The zero-order valence-electron chi connectivity index (χ0n) is 14.7. The molecule has 0 bridgehead atoms. The first-order chi connectivity index (χ1) is 11.6. The van der Waals surface area contributed by atoms with Crippen LogP contribution in [-0.2, 0) is 14.9 Å². The number of nitrogens with one attached hydrogen (secondary N) is 2. The van der Waals surface area contributed by atoms with Gasteiger partial charge in [-0.05, 0) is 37.8 Å². The smallest absolute Gasteiger partial charge is 0.407 e. The van der Waals surface area contributed by atoms with Gasteiger partial charge in [0.2, 0.25) is 5.91 Å². The van der Waals surface area contributed by atoms with Gasteiger partial charge in [-0.25, -0.2) is 4.79 Å². The average Bonchev–Trinajstić information content (AvgIpc) is 2.60. The van der Waals surface area contributed by atoms with Crippen molar-refractivity contribution in [3.05, 3.63) is 35.4 Å². The van der Waals surface area contributed by atoms with Gasteiger partial charge in [-0.3, -0.25) is 4.79 Å². The fraction of sp³-hybridized carbons (Fsp3) is 0.579. The van der Waals surface area contributed by atoms with Crippen molar-refractivity contribution in [1.82, 2.24) is 10.6 Å². The van der Waals surface area contributed by atoms with E-state index in [0.717, 1.165) is 31.2 Å². The van der Waals surface area contributed by atoms with Crippen molar-refractivity contribution in [3.63, 3.8) is 0 Å². The van der Waals surface area contributed by atoms with Crippen LogP contribution < -0.4 is 10.6 Å². The summed E-state index contributed by atoms with van der Waals surface area (Å²) >= 11 is 0. The maximum Gasteiger partial charge on any atom is 0.407 e. The largest absolute Gasteiger partial charge is 0.450 e. The van der Waals surface area contributed by atoms with Gasteiger partial charge in [0.25, 0.3) is 0 Å². The summed E-state index contributed by atoms with van der Waals surface area (Å²) in [5, 5.41) is 5.64. The molecule has 1 aromatic rings. The van der Waals surface area contributed by atoms with Crippen LogP contribution >= 0.6 is 0 Å². The Hall–Kier alpha value is -2.04. The Morgan fingerprint density at radius 3 is 2.42 bits per heavy atom. The molecule has 0 aliphatic heterocycles. The number of aryl methyl sites for hydroxylation is 1. The molecule has 1 fully saturated rings. The normalized spacial score (nSPS) is 16.2. The lowest BCUT2D eigenvalue weighted by molar-refractivity contribution is -0.128. The topological polar surface area (TPSA) is 67.4 Å². The van der Waals surface area contributed by atoms with Crippen LogP contribution in [-0.4, -0.2) is 31.7 Å². The van der Waals surface area contributed by atoms with E-state index in [4.69, 9.17) is 4.74 Å². The summed E-state index contributed by atoms with van der Waals surface area (Å²) in [7, 11) is 0. The maximum atomic E-state index is 13.0. The van der Waals surface area contributed by atoms with Gasteiger partial charge < -0.3 is 15.4 Å². The predicted octanol–water partition coefficient (Wildman–Crippen LogP) is 3.06. The van der Waals surface area contributed by atoms with Gasteiger partial charge >= 0.3 is 6.09 Å². The molecule has 24 heavy (non-hydrogen) atoms. The van der Waals surface area contributed by atoms with Crippen molar-refractivity contribution in [3.8, 4) is 0 Å². The number of hydrogen-bond donors (Lipinski definition) is 2. The molecular weight excluding hydrogens is 304 g/mol. The molecule has 0 aromatic heterocycles. The molecule has 1 aliphatic carbocycles. The molecule has 2 rings (SSSR count). The third kappa shape index (κ3) is 4.28. The fourth-order valence-electron chi connectivity index (χ4n) is 3.58. The number of rotatable bonds is 6. The Kier molecular flexibility index (Phi) is 6.64. The maximum absolute atomic E-state index is 13.0. The van der Waals surface area contributed by atoms with E-state index in [9.17, 15) is 9.59 Å². The van der Waals surface area contributed by atoms with Crippen molar-refractivity contribution in [2.75, 3.05) is 19.7 Å². The van der Waals surface area contributed by atoms with Crippen molar-refractivity contribution in [1.29, 1.82) is 0 Å². The molecule has 2 amide bonds. The van der Waals surface area contributed by atoms with Gasteiger partial charge in [0.05, 0.1) is 12.0 Å². The quantitative estimate of drug-likeness (QED) is 0.787. The summed E-state index contributed by atoms with van der Waals surface area (Å²) in [6.45, 7) is 4.95. The first kappa shape index (κ1) is 18.3. The Morgan fingerprint density at radius 1 is 1.08 bits per heavy atom. The average molecular weight is 332 g/mol. The summed E-state index contributed by atoms with van der Waals surface area (Å²) < 4.78 is 4.81. The summed E-state index contributed by atoms with van der Waals surface area (Å²) in [6, 6.07) is 8.17. The standard InChI is InChI=1S/C19H28N2O3/c1-3-24-18(23)21-14-13-20-17(22)19(11-7-4-8-12-19)16-10-6-5-9-15(16)2/h5-6,9-10H,3-4,7-8,11-14H2,1-2H3,(H,20,22)(H,21,23). The highest BCUT2D eigenvalue weighted by Gasteiger charge is 2.41. The molecule has 5 heteroatoms. The van der Waals surface area contributed by atoms with Crippen molar-refractivity contribution < 1.29 is 14.3 Å². The van der Waals surface area contributed by atoms with Gasteiger partial charge in [-0.1, -0.05) is 43.5 Å². The molecule has 0 unspecified atom stereocenters. The van der Waals surface area contributed by atoms with Gasteiger partial charge in [-0.15, -0.1) is 0 Å². The minimum absolute atomic E-state index is 0.0714. The molecule has 0 spiro atoms. The Morgan fingerprint density at radius 2 is 1.75 bits per heavy atom. The number of benzene rings is 1. The second-order valence-corrected chi connectivity index (χ2v) is 6.36.